The molecule has 1 saturated heterocycles. The SMILES string of the molecule is O=C(S)CC1CCC(=O)O1. The van der Waals surface area contributed by atoms with Crippen molar-refractivity contribution in [3.8, 4) is 0 Å². The van der Waals surface area contributed by atoms with Gasteiger partial charge in [0.25, 0.3) is 0 Å². The van der Waals surface area contributed by atoms with Crippen LogP contribution in [-0.4, -0.2) is 17.2 Å². The van der Waals surface area contributed by atoms with Crippen molar-refractivity contribution in [1.29, 1.82) is 0 Å². The molecular formula is C6H8O3S. The Balaban J connectivity index is 2.31. The third-order valence-corrected chi connectivity index (χ3v) is 1.55. The molecule has 0 radical (unpaired) electrons. The van der Waals surface area contributed by atoms with E-state index in [2.05, 4.69) is 12.6 Å². The summed E-state index contributed by atoms with van der Waals surface area (Å²) in [6.07, 6.45) is 1.13. The van der Waals surface area contributed by atoms with Crippen molar-refractivity contribution >= 4 is 23.7 Å². The van der Waals surface area contributed by atoms with E-state index in [9.17, 15) is 9.59 Å². The van der Waals surface area contributed by atoms with Gasteiger partial charge in [0.05, 0.1) is 6.42 Å². The van der Waals surface area contributed by atoms with Gasteiger partial charge in [0.2, 0.25) is 0 Å². The molecule has 0 aromatic carbocycles. The lowest BCUT2D eigenvalue weighted by atomic mass is 10.2. The predicted octanol–water partition coefficient (Wildman–Crippen LogP) is 0.538. The van der Waals surface area contributed by atoms with E-state index in [4.69, 9.17) is 4.74 Å². The van der Waals surface area contributed by atoms with Gasteiger partial charge >= 0.3 is 5.97 Å². The predicted molar refractivity (Wildman–Crippen MR) is 37.7 cm³/mol. The first-order valence-corrected chi connectivity index (χ1v) is 3.54. The molecule has 0 amide bonds. The molecule has 4 heteroatoms. The van der Waals surface area contributed by atoms with Gasteiger partial charge in [-0.25, -0.2) is 0 Å². The van der Waals surface area contributed by atoms with Crippen molar-refractivity contribution in [2.24, 2.45) is 0 Å². The lowest BCUT2D eigenvalue weighted by Crippen LogP contribution is -2.09. The van der Waals surface area contributed by atoms with Gasteiger partial charge in [-0.3, -0.25) is 9.59 Å². The van der Waals surface area contributed by atoms with Crippen LogP contribution in [0.5, 0.6) is 0 Å². The number of thiol groups is 1. The Morgan fingerprint density at radius 1 is 1.80 bits per heavy atom. The summed E-state index contributed by atoms with van der Waals surface area (Å²) >= 11 is 3.57. The fraction of sp³-hybridized carbons (Fsp3) is 0.667. The number of cyclic esters (lactones) is 1. The number of carbonyl (C=O) groups is 2. The zero-order valence-corrected chi connectivity index (χ0v) is 6.27. The molecule has 0 saturated carbocycles. The fourth-order valence-corrected chi connectivity index (χ4v) is 1.12. The molecule has 10 heavy (non-hydrogen) atoms. The normalized spacial score (nSPS) is 24.5. The summed E-state index contributed by atoms with van der Waals surface area (Å²) < 4.78 is 4.76. The van der Waals surface area contributed by atoms with Gasteiger partial charge in [-0.1, -0.05) is 0 Å². The molecule has 0 spiro atoms. The first kappa shape index (κ1) is 7.60. The molecule has 0 N–H and O–H groups in total. The van der Waals surface area contributed by atoms with Gasteiger partial charge in [0.1, 0.15) is 6.10 Å². The molecule has 1 aliphatic rings. The van der Waals surface area contributed by atoms with Crippen molar-refractivity contribution in [2.45, 2.75) is 25.4 Å². The van der Waals surface area contributed by atoms with Crippen LogP contribution in [0.2, 0.25) is 0 Å². The Labute approximate surface area is 64.1 Å². The topological polar surface area (TPSA) is 43.4 Å². The van der Waals surface area contributed by atoms with Crippen LogP contribution in [0.25, 0.3) is 0 Å². The summed E-state index contributed by atoms with van der Waals surface area (Å²) in [6.45, 7) is 0. The number of carbonyl (C=O) groups excluding carboxylic acids is 2. The van der Waals surface area contributed by atoms with Crippen molar-refractivity contribution in [3.05, 3.63) is 0 Å². The molecule has 1 atom stereocenters. The lowest BCUT2D eigenvalue weighted by Gasteiger charge is -2.03. The third-order valence-electron chi connectivity index (χ3n) is 1.37. The summed E-state index contributed by atoms with van der Waals surface area (Å²) in [5.74, 6) is -0.209. The summed E-state index contributed by atoms with van der Waals surface area (Å²) in [5.41, 5.74) is 0. The van der Waals surface area contributed by atoms with Gasteiger partial charge in [-0.2, -0.15) is 0 Å². The molecule has 0 aromatic heterocycles. The van der Waals surface area contributed by atoms with Gasteiger partial charge < -0.3 is 4.74 Å². The molecule has 1 aliphatic heterocycles. The largest absolute Gasteiger partial charge is 0.462 e. The number of hydrogen-bond donors (Lipinski definition) is 1. The summed E-state index contributed by atoms with van der Waals surface area (Å²) in [7, 11) is 0. The van der Waals surface area contributed by atoms with Gasteiger partial charge in [0, 0.05) is 6.42 Å². The maximum absolute atomic E-state index is 10.5. The lowest BCUT2D eigenvalue weighted by molar-refractivity contribution is -0.141. The fourth-order valence-electron chi connectivity index (χ4n) is 0.921. The Hall–Kier alpha value is -0.510. The third kappa shape index (κ3) is 2.02. The Bertz CT molecular complexity index is 166. The number of rotatable bonds is 2. The second-order valence-corrected chi connectivity index (χ2v) is 2.75. The quantitative estimate of drug-likeness (QED) is 0.473. The zero-order chi connectivity index (χ0) is 7.56. The van der Waals surface area contributed by atoms with Crippen LogP contribution in [-0.2, 0) is 14.3 Å². The van der Waals surface area contributed by atoms with E-state index in [0.717, 1.165) is 0 Å². The van der Waals surface area contributed by atoms with E-state index in [1.165, 1.54) is 0 Å². The standard InChI is InChI=1S/C6H8O3S/c7-5-2-1-4(9-5)3-6(8)10/h4H,1-3H2,(H,8,10). The van der Waals surface area contributed by atoms with Crippen molar-refractivity contribution in [2.75, 3.05) is 0 Å². The van der Waals surface area contributed by atoms with Gasteiger partial charge in [0.15, 0.2) is 5.12 Å². The molecular weight excluding hydrogens is 152 g/mol. The maximum Gasteiger partial charge on any atom is 0.306 e. The average molecular weight is 160 g/mol. The highest BCUT2D eigenvalue weighted by Crippen LogP contribution is 2.17. The Morgan fingerprint density at radius 2 is 2.50 bits per heavy atom. The van der Waals surface area contributed by atoms with Crippen LogP contribution >= 0.6 is 12.6 Å². The molecule has 56 valence electrons. The molecule has 3 nitrogen and oxygen atoms in total. The van der Waals surface area contributed by atoms with Gasteiger partial charge in [-0.15, -0.1) is 12.6 Å². The van der Waals surface area contributed by atoms with Crippen LogP contribution in [0.1, 0.15) is 19.3 Å². The van der Waals surface area contributed by atoms with Crippen LogP contribution < -0.4 is 0 Å². The maximum atomic E-state index is 10.5. The summed E-state index contributed by atoms with van der Waals surface area (Å²) in [4.78, 5) is 20.9. The molecule has 0 aromatic rings. The molecule has 1 rings (SSSR count). The average Bonchev–Trinajstić information content (AvgIpc) is 2.13. The summed E-state index contributed by atoms with van der Waals surface area (Å²) in [6, 6.07) is 0. The van der Waals surface area contributed by atoms with E-state index < -0.39 is 0 Å². The van der Waals surface area contributed by atoms with E-state index in [0.29, 0.717) is 12.8 Å². The van der Waals surface area contributed by atoms with E-state index in [1.807, 2.05) is 0 Å². The minimum absolute atomic E-state index is 0.209. The van der Waals surface area contributed by atoms with Crippen molar-refractivity contribution < 1.29 is 14.3 Å². The minimum Gasteiger partial charge on any atom is -0.462 e. The molecule has 1 fully saturated rings. The van der Waals surface area contributed by atoms with Crippen LogP contribution in [0, 0.1) is 0 Å². The Kier molecular flexibility index (Phi) is 2.32. The monoisotopic (exact) mass is 160 g/mol. The van der Waals surface area contributed by atoms with E-state index >= 15 is 0 Å². The van der Waals surface area contributed by atoms with Gasteiger partial charge in [-0.05, 0) is 6.42 Å². The van der Waals surface area contributed by atoms with Crippen molar-refractivity contribution in [3.63, 3.8) is 0 Å². The van der Waals surface area contributed by atoms with E-state index in [-0.39, 0.29) is 23.6 Å². The highest BCUT2D eigenvalue weighted by Gasteiger charge is 2.24. The van der Waals surface area contributed by atoms with E-state index in [1.54, 1.807) is 0 Å². The van der Waals surface area contributed by atoms with Crippen LogP contribution in [0.3, 0.4) is 0 Å². The highest BCUT2D eigenvalue weighted by molar-refractivity contribution is 7.96. The highest BCUT2D eigenvalue weighted by atomic mass is 32.1. The van der Waals surface area contributed by atoms with Crippen molar-refractivity contribution in [1.82, 2.24) is 0 Å². The first-order valence-electron chi connectivity index (χ1n) is 3.10. The molecule has 0 aliphatic carbocycles. The summed E-state index contributed by atoms with van der Waals surface area (Å²) in [5, 5.41) is -0.222. The Morgan fingerprint density at radius 3 is 2.90 bits per heavy atom. The number of ether oxygens (including phenoxy) is 1. The van der Waals surface area contributed by atoms with Crippen LogP contribution in [0.15, 0.2) is 0 Å². The minimum atomic E-state index is -0.222. The molecule has 1 heterocycles. The smallest absolute Gasteiger partial charge is 0.306 e. The van der Waals surface area contributed by atoms with Crippen LogP contribution in [0.4, 0.5) is 0 Å². The first-order chi connectivity index (χ1) is 4.68. The second kappa shape index (κ2) is 3.05. The zero-order valence-electron chi connectivity index (χ0n) is 5.37. The molecule has 1 unspecified atom stereocenters. The number of esters is 1. The molecule has 0 bridgehead atoms. The second-order valence-electron chi connectivity index (χ2n) is 2.25. The number of hydrogen-bond acceptors (Lipinski definition) is 3.